The standard InChI is InChI=1S/C20H31N5S/c1-6-21-20(22-10-7-11-25-17(4)13-16(3)24-25)23-14-18-9-8-15(2)12-19(18)26-5/h8-9,12-13H,6-7,10-11,14H2,1-5H3,(H2,21,22,23). The third kappa shape index (κ3) is 6.09. The Kier molecular flexibility index (Phi) is 8.04. The molecule has 0 saturated carbocycles. The van der Waals surface area contributed by atoms with E-state index in [1.807, 2.05) is 6.92 Å². The van der Waals surface area contributed by atoms with E-state index in [0.717, 1.165) is 37.7 Å². The molecular formula is C20H31N5S. The summed E-state index contributed by atoms with van der Waals surface area (Å²) in [7, 11) is 0. The number of rotatable bonds is 8. The highest BCUT2D eigenvalue weighted by Gasteiger charge is 2.04. The molecule has 0 radical (unpaired) electrons. The van der Waals surface area contributed by atoms with Crippen molar-refractivity contribution in [2.75, 3.05) is 19.3 Å². The quantitative estimate of drug-likeness (QED) is 0.321. The molecule has 0 spiro atoms. The monoisotopic (exact) mass is 373 g/mol. The second kappa shape index (κ2) is 10.3. The van der Waals surface area contributed by atoms with Crippen LogP contribution in [0.1, 0.15) is 35.9 Å². The first-order valence-electron chi connectivity index (χ1n) is 9.20. The number of guanidine groups is 1. The number of aryl methyl sites for hydroxylation is 4. The average Bonchev–Trinajstić information content (AvgIpc) is 2.94. The second-order valence-corrected chi connectivity index (χ2v) is 7.29. The van der Waals surface area contributed by atoms with Crippen molar-refractivity contribution in [3.05, 3.63) is 46.8 Å². The molecule has 0 unspecified atom stereocenters. The number of nitrogens with zero attached hydrogens (tertiary/aromatic N) is 3. The van der Waals surface area contributed by atoms with Crippen LogP contribution in [0.4, 0.5) is 0 Å². The first-order chi connectivity index (χ1) is 12.5. The van der Waals surface area contributed by atoms with Crippen molar-refractivity contribution in [1.82, 2.24) is 20.4 Å². The van der Waals surface area contributed by atoms with Crippen LogP contribution in [0.25, 0.3) is 0 Å². The van der Waals surface area contributed by atoms with Gasteiger partial charge in [0.15, 0.2) is 5.96 Å². The lowest BCUT2D eigenvalue weighted by Crippen LogP contribution is -2.38. The van der Waals surface area contributed by atoms with Crippen molar-refractivity contribution in [3.63, 3.8) is 0 Å². The molecule has 0 atom stereocenters. The number of aromatic nitrogens is 2. The van der Waals surface area contributed by atoms with E-state index in [1.54, 1.807) is 11.8 Å². The number of hydrogen-bond acceptors (Lipinski definition) is 3. The Bertz CT molecular complexity index is 736. The third-order valence-corrected chi connectivity index (χ3v) is 4.96. The molecule has 0 saturated heterocycles. The largest absolute Gasteiger partial charge is 0.357 e. The van der Waals surface area contributed by atoms with Crippen LogP contribution in [0.2, 0.25) is 0 Å². The number of benzene rings is 1. The molecule has 5 nitrogen and oxygen atoms in total. The van der Waals surface area contributed by atoms with Crippen molar-refractivity contribution in [3.8, 4) is 0 Å². The Labute approximate surface area is 161 Å². The minimum Gasteiger partial charge on any atom is -0.357 e. The van der Waals surface area contributed by atoms with E-state index in [2.05, 4.69) is 71.7 Å². The molecular weight excluding hydrogens is 342 g/mol. The van der Waals surface area contributed by atoms with Gasteiger partial charge in [-0.2, -0.15) is 5.10 Å². The van der Waals surface area contributed by atoms with E-state index in [-0.39, 0.29) is 0 Å². The van der Waals surface area contributed by atoms with Crippen LogP contribution in [-0.2, 0) is 13.1 Å². The van der Waals surface area contributed by atoms with Crippen molar-refractivity contribution in [2.45, 2.75) is 52.1 Å². The lowest BCUT2D eigenvalue weighted by molar-refractivity contribution is 0.555. The molecule has 2 rings (SSSR count). The van der Waals surface area contributed by atoms with Crippen LogP contribution >= 0.6 is 11.8 Å². The molecule has 26 heavy (non-hydrogen) atoms. The maximum absolute atomic E-state index is 4.75. The fourth-order valence-corrected chi connectivity index (χ4v) is 3.52. The summed E-state index contributed by atoms with van der Waals surface area (Å²) >= 11 is 1.78. The highest BCUT2D eigenvalue weighted by atomic mass is 32.2. The normalized spacial score (nSPS) is 11.7. The van der Waals surface area contributed by atoms with Gasteiger partial charge in [0.2, 0.25) is 0 Å². The van der Waals surface area contributed by atoms with Crippen molar-refractivity contribution in [1.29, 1.82) is 0 Å². The molecule has 2 N–H and O–H groups in total. The molecule has 142 valence electrons. The fraction of sp³-hybridized carbons (Fsp3) is 0.500. The van der Waals surface area contributed by atoms with Gasteiger partial charge in [0.1, 0.15) is 0 Å². The molecule has 1 heterocycles. The maximum atomic E-state index is 4.75. The van der Waals surface area contributed by atoms with Crippen molar-refractivity contribution in [2.24, 2.45) is 4.99 Å². The number of nitrogens with one attached hydrogen (secondary N) is 2. The molecule has 0 aliphatic heterocycles. The van der Waals surface area contributed by atoms with Crippen molar-refractivity contribution < 1.29 is 0 Å². The molecule has 1 aromatic heterocycles. The molecule has 0 bridgehead atoms. The Morgan fingerprint density at radius 1 is 1.19 bits per heavy atom. The predicted molar refractivity (Wildman–Crippen MR) is 112 cm³/mol. The first kappa shape index (κ1) is 20.4. The maximum Gasteiger partial charge on any atom is 0.191 e. The Balaban J connectivity index is 1.89. The topological polar surface area (TPSA) is 54.2 Å². The highest BCUT2D eigenvalue weighted by Crippen LogP contribution is 2.22. The summed E-state index contributed by atoms with van der Waals surface area (Å²) in [4.78, 5) is 6.05. The van der Waals surface area contributed by atoms with Gasteiger partial charge in [-0.25, -0.2) is 4.99 Å². The van der Waals surface area contributed by atoms with Gasteiger partial charge in [-0.1, -0.05) is 12.1 Å². The van der Waals surface area contributed by atoms with Crippen LogP contribution in [0.15, 0.2) is 34.2 Å². The lowest BCUT2D eigenvalue weighted by atomic mass is 10.1. The summed E-state index contributed by atoms with van der Waals surface area (Å²) < 4.78 is 2.07. The van der Waals surface area contributed by atoms with E-state index in [9.17, 15) is 0 Å². The summed E-state index contributed by atoms with van der Waals surface area (Å²) in [6.07, 6.45) is 3.12. The smallest absolute Gasteiger partial charge is 0.191 e. The summed E-state index contributed by atoms with van der Waals surface area (Å²) in [5.74, 6) is 0.869. The van der Waals surface area contributed by atoms with E-state index >= 15 is 0 Å². The highest BCUT2D eigenvalue weighted by molar-refractivity contribution is 7.98. The third-order valence-electron chi connectivity index (χ3n) is 4.14. The Morgan fingerprint density at radius 3 is 2.65 bits per heavy atom. The van der Waals surface area contributed by atoms with Crippen LogP contribution < -0.4 is 10.6 Å². The minimum absolute atomic E-state index is 0.684. The average molecular weight is 374 g/mol. The van der Waals surface area contributed by atoms with Gasteiger partial charge in [-0.3, -0.25) is 4.68 Å². The zero-order valence-corrected chi connectivity index (χ0v) is 17.4. The molecule has 0 fully saturated rings. The Hall–Kier alpha value is -1.95. The molecule has 2 aromatic rings. The van der Waals surface area contributed by atoms with E-state index in [1.165, 1.54) is 21.7 Å². The lowest BCUT2D eigenvalue weighted by Gasteiger charge is -2.12. The zero-order chi connectivity index (χ0) is 18.9. The van der Waals surface area contributed by atoms with E-state index in [0.29, 0.717) is 6.54 Å². The first-order valence-corrected chi connectivity index (χ1v) is 10.4. The molecule has 6 heteroatoms. The second-order valence-electron chi connectivity index (χ2n) is 6.44. The predicted octanol–water partition coefficient (Wildman–Crippen LogP) is 3.68. The summed E-state index contributed by atoms with van der Waals surface area (Å²) in [5.41, 5.74) is 4.85. The summed E-state index contributed by atoms with van der Waals surface area (Å²) in [5, 5.41) is 11.3. The number of thioether (sulfide) groups is 1. The van der Waals surface area contributed by atoms with Crippen LogP contribution in [0, 0.1) is 20.8 Å². The van der Waals surface area contributed by atoms with Crippen molar-refractivity contribution >= 4 is 17.7 Å². The van der Waals surface area contributed by atoms with Crippen LogP contribution in [0.3, 0.4) is 0 Å². The van der Waals surface area contributed by atoms with Gasteiger partial charge in [0.25, 0.3) is 0 Å². The molecule has 0 aliphatic carbocycles. The van der Waals surface area contributed by atoms with Gasteiger partial charge in [0, 0.05) is 30.2 Å². The number of hydrogen-bond donors (Lipinski definition) is 2. The zero-order valence-electron chi connectivity index (χ0n) is 16.6. The van der Waals surface area contributed by atoms with Gasteiger partial charge >= 0.3 is 0 Å². The molecule has 1 aromatic carbocycles. The SMILES string of the molecule is CCNC(=NCc1ccc(C)cc1SC)NCCCn1nc(C)cc1C. The molecule has 0 aliphatic rings. The van der Waals surface area contributed by atoms with Gasteiger partial charge in [-0.05, 0) is 63.6 Å². The summed E-state index contributed by atoms with van der Waals surface area (Å²) in [6, 6.07) is 8.67. The molecule has 0 amide bonds. The van der Waals surface area contributed by atoms with Gasteiger partial charge < -0.3 is 10.6 Å². The number of aliphatic imine (C=N–C) groups is 1. The van der Waals surface area contributed by atoms with Gasteiger partial charge in [-0.15, -0.1) is 11.8 Å². The van der Waals surface area contributed by atoms with Gasteiger partial charge in [0.05, 0.1) is 12.2 Å². The van der Waals surface area contributed by atoms with E-state index in [4.69, 9.17) is 4.99 Å². The fourth-order valence-electron chi connectivity index (χ4n) is 2.83. The van der Waals surface area contributed by atoms with Crippen LogP contribution in [-0.4, -0.2) is 35.1 Å². The van der Waals surface area contributed by atoms with Crippen LogP contribution in [0.5, 0.6) is 0 Å². The summed E-state index contributed by atoms with van der Waals surface area (Å²) in [6.45, 7) is 11.7. The Morgan fingerprint density at radius 2 is 2.00 bits per heavy atom. The minimum atomic E-state index is 0.684. The van der Waals surface area contributed by atoms with E-state index < -0.39 is 0 Å².